The van der Waals surface area contributed by atoms with Gasteiger partial charge < -0.3 is 15.3 Å². The lowest BCUT2D eigenvalue weighted by Crippen LogP contribution is -2.49. The number of carbonyl (C=O) groups is 2. The first kappa shape index (κ1) is 16.3. The van der Waals surface area contributed by atoms with Crippen LogP contribution in [-0.4, -0.2) is 41.1 Å². The molecule has 1 atom stereocenters. The van der Waals surface area contributed by atoms with E-state index in [0.717, 1.165) is 32.2 Å². The number of aliphatic carboxylic acids is 1. The minimum absolute atomic E-state index is 0.0639. The second-order valence-electron chi connectivity index (χ2n) is 5.76. The number of rotatable bonds is 6. The zero-order valence-electron chi connectivity index (χ0n) is 12.8. The van der Waals surface area contributed by atoms with Crippen molar-refractivity contribution in [2.24, 2.45) is 0 Å². The summed E-state index contributed by atoms with van der Waals surface area (Å²) in [7, 11) is 0. The number of carbonyl (C=O) groups excluding carboxylic acids is 1. The maximum atomic E-state index is 12.3. The topological polar surface area (TPSA) is 69.6 Å². The van der Waals surface area contributed by atoms with Gasteiger partial charge in [0.1, 0.15) is 0 Å². The van der Waals surface area contributed by atoms with Crippen LogP contribution in [0.25, 0.3) is 0 Å². The fourth-order valence-electron chi connectivity index (χ4n) is 2.90. The summed E-state index contributed by atoms with van der Waals surface area (Å²) in [6.07, 6.45) is 4.65. The zero-order chi connectivity index (χ0) is 15.8. The normalized spacial score (nSPS) is 18.0. The van der Waals surface area contributed by atoms with Gasteiger partial charge in [0.15, 0.2) is 0 Å². The van der Waals surface area contributed by atoms with E-state index in [0.29, 0.717) is 13.0 Å². The van der Waals surface area contributed by atoms with E-state index in [2.05, 4.69) is 17.4 Å². The molecule has 0 radical (unpaired) electrons. The van der Waals surface area contributed by atoms with Gasteiger partial charge in [-0.25, -0.2) is 4.79 Å². The molecule has 2 amide bonds. The number of urea groups is 1. The van der Waals surface area contributed by atoms with Gasteiger partial charge in [0.05, 0.1) is 0 Å². The van der Waals surface area contributed by atoms with Crippen molar-refractivity contribution in [3.63, 3.8) is 0 Å². The highest BCUT2D eigenvalue weighted by Crippen LogP contribution is 2.20. The fourth-order valence-corrected chi connectivity index (χ4v) is 2.90. The van der Waals surface area contributed by atoms with E-state index in [9.17, 15) is 9.59 Å². The first-order valence-electron chi connectivity index (χ1n) is 7.97. The number of piperidine rings is 1. The van der Waals surface area contributed by atoms with E-state index < -0.39 is 5.97 Å². The van der Waals surface area contributed by atoms with Gasteiger partial charge in [0.25, 0.3) is 0 Å². The van der Waals surface area contributed by atoms with Gasteiger partial charge in [0.2, 0.25) is 0 Å². The molecule has 1 heterocycles. The Kier molecular flexibility index (Phi) is 6.25. The second-order valence-corrected chi connectivity index (χ2v) is 5.76. The molecule has 1 aromatic carbocycles. The van der Waals surface area contributed by atoms with E-state index >= 15 is 0 Å². The van der Waals surface area contributed by atoms with Gasteiger partial charge in [-0.05, 0) is 37.7 Å². The molecule has 0 saturated carbocycles. The van der Waals surface area contributed by atoms with E-state index in [4.69, 9.17) is 5.11 Å². The summed E-state index contributed by atoms with van der Waals surface area (Å²) in [6, 6.07) is 10.4. The number of carboxylic acids is 1. The molecular weight excluding hydrogens is 280 g/mol. The summed E-state index contributed by atoms with van der Waals surface area (Å²) in [5.41, 5.74) is 1.25. The Morgan fingerprint density at radius 2 is 2.00 bits per heavy atom. The number of benzene rings is 1. The molecule has 1 fully saturated rings. The number of nitrogens with one attached hydrogen (secondary N) is 1. The molecule has 5 heteroatoms. The summed E-state index contributed by atoms with van der Waals surface area (Å²) < 4.78 is 0. The molecule has 1 saturated heterocycles. The average Bonchev–Trinajstić information content (AvgIpc) is 2.53. The van der Waals surface area contributed by atoms with Crippen LogP contribution in [0, 0.1) is 0 Å². The van der Waals surface area contributed by atoms with Crippen LogP contribution >= 0.6 is 0 Å². The molecule has 2 N–H and O–H groups in total. The van der Waals surface area contributed by atoms with Crippen molar-refractivity contribution >= 4 is 12.0 Å². The van der Waals surface area contributed by atoms with Crippen molar-refractivity contribution in [1.82, 2.24) is 10.2 Å². The minimum Gasteiger partial charge on any atom is -0.481 e. The van der Waals surface area contributed by atoms with Crippen molar-refractivity contribution < 1.29 is 14.7 Å². The van der Waals surface area contributed by atoms with Crippen LogP contribution in [0.3, 0.4) is 0 Å². The summed E-state index contributed by atoms with van der Waals surface area (Å²) in [4.78, 5) is 24.7. The largest absolute Gasteiger partial charge is 0.481 e. The maximum absolute atomic E-state index is 12.3. The Morgan fingerprint density at radius 3 is 2.73 bits per heavy atom. The van der Waals surface area contributed by atoms with Crippen molar-refractivity contribution in [2.45, 2.75) is 44.6 Å². The molecule has 0 aromatic heterocycles. The van der Waals surface area contributed by atoms with Crippen molar-refractivity contribution in [2.75, 3.05) is 13.1 Å². The number of hydrogen-bond acceptors (Lipinski definition) is 2. The summed E-state index contributed by atoms with van der Waals surface area (Å²) in [5.74, 6) is -0.825. The smallest absolute Gasteiger partial charge is 0.317 e. The molecule has 0 bridgehead atoms. The zero-order valence-corrected chi connectivity index (χ0v) is 12.8. The standard InChI is InChI=1S/C17H24N2O3/c20-16(21)10-6-11-18-17(22)19-12-5-4-9-15(19)13-14-7-2-1-3-8-14/h1-3,7-8,15H,4-6,9-13H2,(H,18,22)(H,20,21). The Balaban J connectivity index is 1.86. The highest BCUT2D eigenvalue weighted by molar-refractivity contribution is 5.74. The van der Waals surface area contributed by atoms with Gasteiger partial charge in [-0.1, -0.05) is 30.3 Å². The fraction of sp³-hybridized carbons (Fsp3) is 0.529. The van der Waals surface area contributed by atoms with Crippen LogP contribution < -0.4 is 5.32 Å². The Bertz CT molecular complexity index is 490. The molecule has 22 heavy (non-hydrogen) atoms. The number of nitrogens with zero attached hydrogens (tertiary/aromatic N) is 1. The first-order chi connectivity index (χ1) is 10.7. The number of hydrogen-bond donors (Lipinski definition) is 2. The monoisotopic (exact) mass is 304 g/mol. The average molecular weight is 304 g/mol. The van der Waals surface area contributed by atoms with Gasteiger partial charge >= 0.3 is 12.0 Å². The van der Waals surface area contributed by atoms with Crippen LogP contribution in [0.5, 0.6) is 0 Å². The predicted octanol–water partition coefficient (Wildman–Crippen LogP) is 2.66. The molecule has 1 aromatic rings. The Labute approximate surface area is 131 Å². The van der Waals surface area contributed by atoms with Crippen molar-refractivity contribution in [3.8, 4) is 0 Å². The van der Waals surface area contributed by atoms with Crippen LogP contribution in [0.2, 0.25) is 0 Å². The predicted molar refractivity (Wildman–Crippen MR) is 84.8 cm³/mol. The summed E-state index contributed by atoms with van der Waals surface area (Å²) in [6.45, 7) is 1.20. The minimum atomic E-state index is -0.825. The lowest BCUT2D eigenvalue weighted by molar-refractivity contribution is -0.137. The van der Waals surface area contributed by atoms with Crippen LogP contribution in [-0.2, 0) is 11.2 Å². The molecule has 120 valence electrons. The quantitative estimate of drug-likeness (QED) is 0.794. The van der Waals surface area contributed by atoms with Crippen molar-refractivity contribution in [1.29, 1.82) is 0 Å². The van der Waals surface area contributed by atoms with Crippen LogP contribution in [0.15, 0.2) is 30.3 Å². The lowest BCUT2D eigenvalue weighted by Gasteiger charge is -2.36. The Hall–Kier alpha value is -2.04. The van der Waals surface area contributed by atoms with Crippen molar-refractivity contribution in [3.05, 3.63) is 35.9 Å². The molecule has 5 nitrogen and oxygen atoms in total. The SMILES string of the molecule is O=C(O)CCCNC(=O)N1CCCCC1Cc1ccccc1. The van der Waals surface area contributed by atoms with Gasteiger partial charge in [-0.15, -0.1) is 0 Å². The number of amides is 2. The third-order valence-electron chi connectivity index (χ3n) is 4.05. The molecule has 1 aliphatic rings. The molecule has 0 aliphatic carbocycles. The van der Waals surface area contributed by atoms with Gasteiger partial charge in [0, 0.05) is 25.6 Å². The first-order valence-corrected chi connectivity index (χ1v) is 7.97. The third-order valence-corrected chi connectivity index (χ3v) is 4.05. The van der Waals surface area contributed by atoms with E-state index in [1.165, 1.54) is 5.56 Å². The summed E-state index contributed by atoms with van der Waals surface area (Å²) >= 11 is 0. The Morgan fingerprint density at radius 1 is 1.23 bits per heavy atom. The highest BCUT2D eigenvalue weighted by Gasteiger charge is 2.26. The molecule has 0 spiro atoms. The third kappa shape index (κ3) is 5.06. The summed E-state index contributed by atoms with van der Waals surface area (Å²) in [5, 5.41) is 11.5. The van der Waals surface area contributed by atoms with Crippen LogP contribution in [0.1, 0.15) is 37.7 Å². The van der Waals surface area contributed by atoms with E-state index in [-0.39, 0.29) is 18.5 Å². The van der Waals surface area contributed by atoms with Gasteiger partial charge in [-0.3, -0.25) is 4.79 Å². The molecular formula is C17H24N2O3. The molecule has 1 aliphatic heterocycles. The molecule has 2 rings (SSSR count). The van der Waals surface area contributed by atoms with Gasteiger partial charge in [-0.2, -0.15) is 0 Å². The molecule has 1 unspecified atom stereocenters. The van der Waals surface area contributed by atoms with Crippen LogP contribution in [0.4, 0.5) is 4.79 Å². The maximum Gasteiger partial charge on any atom is 0.317 e. The second kappa shape index (κ2) is 8.41. The number of carboxylic acid groups (broad SMARTS) is 1. The lowest BCUT2D eigenvalue weighted by atomic mass is 9.96. The number of likely N-dealkylation sites (tertiary alicyclic amines) is 1. The van der Waals surface area contributed by atoms with E-state index in [1.54, 1.807) is 0 Å². The highest BCUT2D eigenvalue weighted by atomic mass is 16.4. The van der Waals surface area contributed by atoms with E-state index in [1.807, 2.05) is 23.1 Å².